The Bertz CT molecular complexity index is 797. The summed E-state index contributed by atoms with van der Waals surface area (Å²) in [6.07, 6.45) is 5.19. The summed E-state index contributed by atoms with van der Waals surface area (Å²) >= 11 is 0. The lowest BCUT2D eigenvalue weighted by Crippen LogP contribution is -2.57. The van der Waals surface area contributed by atoms with E-state index in [-0.39, 0.29) is 24.1 Å². The summed E-state index contributed by atoms with van der Waals surface area (Å²) in [4.78, 5) is 25.2. The molecule has 2 amide bonds. The highest BCUT2D eigenvalue weighted by Gasteiger charge is 2.38. The van der Waals surface area contributed by atoms with Crippen LogP contribution in [0.15, 0.2) is 54.6 Å². The average molecular weight is 382 g/mol. The number of nitrogens with one attached hydrogen (secondary N) is 1. The highest BCUT2D eigenvalue weighted by molar-refractivity contribution is 5.90. The van der Waals surface area contributed by atoms with E-state index in [9.17, 15) is 14.0 Å². The molecule has 0 radical (unpaired) electrons. The topological polar surface area (TPSA) is 72.2 Å². The quantitative estimate of drug-likeness (QED) is 0.740. The Morgan fingerprint density at radius 1 is 0.929 bits per heavy atom. The number of amides is 2. The lowest BCUT2D eigenvalue weighted by atomic mass is 9.86. The molecule has 0 heterocycles. The van der Waals surface area contributed by atoms with Gasteiger partial charge in [0.05, 0.1) is 0 Å². The largest absolute Gasteiger partial charge is 0.368 e. The number of carbonyl (C=O) groups excluding carboxylic acids is 2. The van der Waals surface area contributed by atoms with E-state index >= 15 is 0 Å². The maximum Gasteiger partial charge on any atom is 0.243 e. The molecule has 3 N–H and O–H groups in total. The van der Waals surface area contributed by atoms with Gasteiger partial charge in [-0.2, -0.15) is 0 Å². The molecule has 1 unspecified atom stereocenters. The van der Waals surface area contributed by atoms with Crippen molar-refractivity contribution in [1.29, 1.82) is 0 Å². The fourth-order valence-corrected chi connectivity index (χ4v) is 4.08. The number of rotatable bonds is 6. The van der Waals surface area contributed by atoms with Crippen molar-refractivity contribution in [3.05, 3.63) is 71.5 Å². The van der Waals surface area contributed by atoms with Crippen LogP contribution in [0.1, 0.15) is 62.0 Å². The number of nitrogens with two attached hydrogens (primary N) is 1. The first-order valence-corrected chi connectivity index (χ1v) is 9.91. The molecule has 2 aromatic carbocycles. The van der Waals surface area contributed by atoms with Crippen LogP contribution >= 0.6 is 0 Å². The Morgan fingerprint density at radius 3 is 2.07 bits per heavy atom. The van der Waals surface area contributed by atoms with Gasteiger partial charge in [0, 0.05) is 12.3 Å². The van der Waals surface area contributed by atoms with Gasteiger partial charge in [-0.05, 0) is 36.1 Å². The zero-order valence-corrected chi connectivity index (χ0v) is 16.0. The minimum absolute atomic E-state index is 0.171. The van der Waals surface area contributed by atoms with E-state index in [0.29, 0.717) is 12.8 Å². The van der Waals surface area contributed by atoms with Crippen molar-refractivity contribution < 1.29 is 14.0 Å². The molecule has 148 valence electrons. The standard InChI is InChI=1S/C23H27FN2O2/c24-19-12-10-18(11-13-19)20(17-8-4-3-5-9-17)16-21(27)26-23(22(25)28)14-6-1-2-7-15-23/h3-5,8-13,20H,1-2,6-7,14-16H2,(H2,25,28)(H,26,27). The van der Waals surface area contributed by atoms with Crippen molar-refractivity contribution in [3.63, 3.8) is 0 Å². The number of primary amides is 1. The van der Waals surface area contributed by atoms with Crippen molar-refractivity contribution in [1.82, 2.24) is 5.32 Å². The third-order valence-corrected chi connectivity index (χ3v) is 5.67. The zero-order chi connectivity index (χ0) is 20.0. The van der Waals surface area contributed by atoms with Crippen LogP contribution in [0.4, 0.5) is 4.39 Å². The van der Waals surface area contributed by atoms with E-state index in [2.05, 4.69) is 5.32 Å². The van der Waals surface area contributed by atoms with E-state index in [1.165, 1.54) is 12.1 Å². The molecule has 0 saturated heterocycles. The third-order valence-electron chi connectivity index (χ3n) is 5.67. The second-order valence-electron chi connectivity index (χ2n) is 7.63. The molecular weight excluding hydrogens is 355 g/mol. The average Bonchev–Trinajstić information content (AvgIpc) is 2.94. The summed E-state index contributed by atoms with van der Waals surface area (Å²) in [7, 11) is 0. The van der Waals surface area contributed by atoms with Crippen LogP contribution < -0.4 is 11.1 Å². The number of hydrogen-bond donors (Lipinski definition) is 2. The van der Waals surface area contributed by atoms with Crippen LogP contribution in [0.3, 0.4) is 0 Å². The third kappa shape index (κ3) is 4.77. The van der Waals surface area contributed by atoms with Crippen LogP contribution in [-0.2, 0) is 9.59 Å². The fourth-order valence-electron chi connectivity index (χ4n) is 4.08. The second-order valence-corrected chi connectivity index (χ2v) is 7.63. The van der Waals surface area contributed by atoms with Gasteiger partial charge in [-0.1, -0.05) is 68.1 Å². The highest BCUT2D eigenvalue weighted by atomic mass is 19.1. The molecule has 0 aromatic heterocycles. The first kappa shape index (κ1) is 20.1. The molecule has 1 aliphatic rings. The normalized spacial score (nSPS) is 17.3. The van der Waals surface area contributed by atoms with Crippen LogP contribution in [0.5, 0.6) is 0 Å². The van der Waals surface area contributed by atoms with Crippen molar-refractivity contribution in [2.75, 3.05) is 0 Å². The zero-order valence-electron chi connectivity index (χ0n) is 16.0. The van der Waals surface area contributed by atoms with Crippen LogP contribution in [-0.4, -0.2) is 17.4 Å². The van der Waals surface area contributed by atoms with E-state index in [1.807, 2.05) is 30.3 Å². The fraction of sp³-hybridized carbons (Fsp3) is 0.391. The highest BCUT2D eigenvalue weighted by Crippen LogP contribution is 2.31. The molecule has 0 bridgehead atoms. The number of hydrogen-bond acceptors (Lipinski definition) is 2. The van der Waals surface area contributed by atoms with Gasteiger partial charge in [-0.25, -0.2) is 4.39 Å². The van der Waals surface area contributed by atoms with Gasteiger partial charge in [0.2, 0.25) is 11.8 Å². The monoisotopic (exact) mass is 382 g/mol. The minimum atomic E-state index is -0.961. The lowest BCUT2D eigenvalue weighted by Gasteiger charge is -2.31. The molecule has 4 nitrogen and oxygen atoms in total. The van der Waals surface area contributed by atoms with Gasteiger partial charge in [0.25, 0.3) is 0 Å². The SMILES string of the molecule is NC(=O)C1(NC(=O)CC(c2ccccc2)c2ccc(F)cc2)CCCCCC1. The van der Waals surface area contributed by atoms with Gasteiger partial charge in [-0.15, -0.1) is 0 Å². The molecule has 5 heteroatoms. The maximum atomic E-state index is 13.4. The predicted octanol–water partition coefficient (Wildman–Crippen LogP) is 4.04. The first-order chi connectivity index (χ1) is 13.5. The van der Waals surface area contributed by atoms with E-state index in [4.69, 9.17) is 5.73 Å². The molecule has 1 atom stereocenters. The number of carbonyl (C=O) groups is 2. The Kier molecular flexibility index (Phi) is 6.45. The van der Waals surface area contributed by atoms with Gasteiger partial charge >= 0.3 is 0 Å². The summed E-state index contributed by atoms with van der Waals surface area (Å²) in [6.45, 7) is 0. The van der Waals surface area contributed by atoms with Crippen LogP contribution in [0.25, 0.3) is 0 Å². The van der Waals surface area contributed by atoms with Gasteiger partial charge < -0.3 is 11.1 Å². The van der Waals surface area contributed by atoms with Gasteiger partial charge in [0.1, 0.15) is 11.4 Å². The Hall–Kier alpha value is -2.69. The molecule has 28 heavy (non-hydrogen) atoms. The Labute approximate surface area is 165 Å². The molecule has 1 saturated carbocycles. The molecule has 1 aliphatic carbocycles. The van der Waals surface area contributed by atoms with E-state index in [1.54, 1.807) is 12.1 Å². The Morgan fingerprint density at radius 2 is 1.50 bits per heavy atom. The molecule has 3 rings (SSSR count). The summed E-state index contributed by atoms with van der Waals surface area (Å²) in [5.74, 6) is -1.21. The number of halogens is 1. The molecule has 0 aliphatic heterocycles. The summed E-state index contributed by atoms with van der Waals surface area (Å²) < 4.78 is 13.4. The summed E-state index contributed by atoms with van der Waals surface area (Å²) in [5, 5.41) is 2.97. The molecule has 1 fully saturated rings. The molecule has 2 aromatic rings. The summed E-state index contributed by atoms with van der Waals surface area (Å²) in [5.41, 5.74) is 6.56. The first-order valence-electron chi connectivity index (χ1n) is 9.91. The maximum absolute atomic E-state index is 13.4. The van der Waals surface area contributed by atoms with Crippen molar-refractivity contribution in [2.24, 2.45) is 5.73 Å². The van der Waals surface area contributed by atoms with Gasteiger partial charge in [-0.3, -0.25) is 9.59 Å². The van der Waals surface area contributed by atoms with Crippen LogP contribution in [0, 0.1) is 5.82 Å². The van der Waals surface area contributed by atoms with Gasteiger partial charge in [0.15, 0.2) is 0 Å². The van der Waals surface area contributed by atoms with E-state index in [0.717, 1.165) is 36.8 Å². The minimum Gasteiger partial charge on any atom is -0.368 e. The molecule has 0 spiro atoms. The predicted molar refractivity (Wildman–Crippen MR) is 107 cm³/mol. The van der Waals surface area contributed by atoms with E-state index < -0.39 is 11.4 Å². The van der Waals surface area contributed by atoms with Crippen molar-refractivity contribution in [3.8, 4) is 0 Å². The van der Waals surface area contributed by atoms with Crippen molar-refractivity contribution >= 4 is 11.8 Å². The lowest BCUT2D eigenvalue weighted by molar-refractivity contribution is -0.132. The Balaban J connectivity index is 1.82. The molecular formula is C23H27FN2O2. The smallest absolute Gasteiger partial charge is 0.243 e. The van der Waals surface area contributed by atoms with Crippen molar-refractivity contribution in [2.45, 2.75) is 56.4 Å². The second kappa shape index (κ2) is 9.00. The summed E-state index contributed by atoms with van der Waals surface area (Å²) in [6, 6.07) is 15.9. The van der Waals surface area contributed by atoms with Crippen LogP contribution in [0.2, 0.25) is 0 Å². The number of benzene rings is 2.